The molecule has 0 aromatic heterocycles. The number of amides is 1. The van der Waals surface area contributed by atoms with Gasteiger partial charge in [-0.2, -0.15) is 0 Å². The third-order valence-electron chi connectivity index (χ3n) is 3.95. The number of hydrogen-bond acceptors (Lipinski definition) is 3. The van der Waals surface area contributed by atoms with Gasteiger partial charge in [-0.25, -0.2) is 4.79 Å². The molecule has 1 amide bonds. The summed E-state index contributed by atoms with van der Waals surface area (Å²) >= 11 is 0. The van der Waals surface area contributed by atoms with Crippen LogP contribution in [0.1, 0.15) is 40.5 Å². The zero-order chi connectivity index (χ0) is 12.8. The molecule has 2 rings (SSSR count). The molecule has 98 valence electrons. The van der Waals surface area contributed by atoms with Gasteiger partial charge in [0.25, 0.3) is 0 Å². The second-order valence-corrected chi connectivity index (χ2v) is 6.91. The minimum atomic E-state index is -0.411. The van der Waals surface area contributed by atoms with Crippen LogP contribution >= 0.6 is 0 Å². The van der Waals surface area contributed by atoms with E-state index < -0.39 is 5.60 Å². The second kappa shape index (κ2) is 3.87. The molecule has 2 fully saturated rings. The summed E-state index contributed by atoms with van der Waals surface area (Å²) in [5.74, 6) is 0.546. The summed E-state index contributed by atoms with van der Waals surface area (Å²) < 4.78 is 5.41. The lowest BCUT2D eigenvalue weighted by Crippen LogP contribution is -2.37. The van der Waals surface area contributed by atoms with Gasteiger partial charge in [-0.15, -0.1) is 0 Å². The van der Waals surface area contributed by atoms with Crippen molar-refractivity contribution >= 4 is 6.09 Å². The number of rotatable bonds is 0. The Bertz CT molecular complexity index is 324. The number of nitrogens with zero attached hydrogens (tertiary/aromatic N) is 1. The Morgan fingerprint density at radius 3 is 2.65 bits per heavy atom. The highest BCUT2D eigenvalue weighted by molar-refractivity contribution is 5.68. The summed E-state index contributed by atoms with van der Waals surface area (Å²) in [6.45, 7) is 9.55. The molecule has 0 spiro atoms. The van der Waals surface area contributed by atoms with Crippen LogP contribution in [0.25, 0.3) is 0 Å². The molecule has 0 aromatic rings. The van der Waals surface area contributed by atoms with Gasteiger partial charge in [-0.3, -0.25) is 0 Å². The van der Waals surface area contributed by atoms with Gasteiger partial charge in [0.1, 0.15) is 5.60 Å². The van der Waals surface area contributed by atoms with E-state index in [4.69, 9.17) is 10.5 Å². The third kappa shape index (κ3) is 2.57. The largest absolute Gasteiger partial charge is 0.444 e. The van der Waals surface area contributed by atoms with Crippen molar-refractivity contribution in [1.29, 1.82) is 0 Å². The normalized spacial score (nSPS) is 37.1. The minimum Gasteiger partial charge on any atom is -0.444 e. The van der Waals surface area contributed by atoms with Gasteiger partial charge in [-0.05, 0) is 44.9 Å². The lowest BCUT2D eigenvalue weighted by atomic mass is 9.83. The number of likely N-dealkylation sites (tertiary alicyclic amines) is 1. The molecule has 1 saturated heterocycles. The molecule has 1 aliphatic carbocycles. The zero-order valence-electron chi connectivity index (χ0n) is 11.3. The lowest BCUT2D eigenvalue weighted by Gasteiger charge is -2.26. The molecule has 1 aliphatic heterocycles. The second-order valence-electron chi connectivity index (χ2n) is 6.91. The Balaban J connectivity index is 1.98. The van der Waals surface area contributed by atoms with Crippen molar-refractivity contribution < 1.29 is 9.53 Å². The molecule has 17 heavy (non-hydrogen) atoms. The Kier molecular flexibility index (Phi) is 2.89. The first-order chi connectivity index (χ1) is 7.70. The van der Waals surface area contributed by atoms with E-state index >= 15 is 0 Å². The van der Waals surface area contributed by atoms with E-state index in [1.54, 1.807) is 0 Å². The van der Waals surface area contributed by atoms with Crippen LogP contribution in [0.4, 0.5) is 4.79 Å². The maximum atomic E-state index is 12.0. The van der Waals surface area contributed by atoms with Crippen LogP contribution in [0, 0.1) is 11.3 Å². The predicted octanol–water partition coefficient (Wildman–Crippen LogP) is 1.98. The van der Waals surface area contributed by atoms with Crippen LogP contribution < -0.4 is 5.73 Å². The fourth-order valence-corrected chi connectivity index (χ4v) is 3.22. The molecule has 0 unspecified atom stereocenters. The minimum absolute atomic E-state index is 0.179. The summed E-state index contributed by atoms with van der Waals surface area (Å²) in [4.78, 5) is 13.8. The SMILES string of the molecule is CC(C)(C)OC(=O)N1C[C@H]2C[C@H](N)C[C@@]2(C)C1. The summed E-state index contributed by atoms with van der Waals surface area (Å²) in [7, 11) is 0. The Hall–Kier alpha value is -0.770. The van der Waals surface area contributed by atoms with Gasteiger partial charge in [-0.1, -0.05) is 6.92 Å². The lowest BCUT2D eigenvalue weighted by molar-refractivity contribution is 0.0269. The highest BCUT2D eigenvalue weighted by atomic mass is 16.6. The number of hydrogen-bond donors (Lipinski definition) is 1. The van der Waals surface area contributed by atoms with Crippen LogP contribution in [0.2, 0.25) is 0 Å². The van der Waals surface area contributed by atoms with Crippen molar-refractivity contribution in [2.75, 3.05) is 13.1 Å². The number of carbonyl (C=O) groups is 1. The molecular weight excluding hydrogens is 216 g/mol. The van der Waals surface area contributed by atoms with Gasteiger partial charge in [0.05, 0.1) is 0 Å². The van der Waals surface area contributed by atoms with Crippen molar-refractivity contribution in [2.24, 2.45) is 17.1 Å². The van der Waals surface area contributed by atoms with E-state index in [1.165, 1.54) is 0 Å². The molecule has 2 aliphatic rings. The molecule has 1 heterocycles. The Morgan fingerprint density at radius 1 is 1.47 bits per heavy atom. The van der Waals surface area contributed by atoms with Crippen molar-refractivity contribution in [3.8, 4) is 0 Å². The first-order valence-corrected chi connectivity index (χ1v) is 6.43. The summed E-state index contributed by atoms with van der Waals surface area (Å²) in [6, 6.07) is 0.311. The van der Waals surface area contributed by atoms with Gasteiger partial charge in [0.2, 0.25) is 0 Å². The predicted molar refractivity (Wildman–Crippen MR) is 66.6 cm³/mol. The van der Waals surface area contributed by atoms with E-state index in [-0.39, 0.29) is 11.5 Å². The van der Waals surface area contributed by atoms with Gasteiger partial charge < -0.3 is 15.4 Å². The number of ether oxygens (including phenoxy) is 1. The van der Waals surface area contributed by atoms with Crippen LogP contribution in [0.5, 0.6) is 0 Å². The van der Waals surface area contributed by atoms with E-state index in [2.05, 4.69) is 6.92 Å². The molecule has 2 N–H and O–H groups in total. The molecule has 0 bridgehead atoms. The maximum absolute atomic E-state index is 12.0. The number of fused-ring (bicyclic) bond motifs is 1. The molecule has 0 aromatic carbocycles. The topological polar surface area (TPSA) is 55.6 Å². The van der Waals surface area contributed by atoms with Crippen LogP contribution in [-0.2, 0) is 4.74 Å². The van der Waals surface area contributed by atoms with Crippen LogP contribution in [-0.4, -0.2) is 35.7 Å². The summed E-state index contributed by atoms with van der Waals surface area (Å²) in [6.07, 6.45) is 1.88. The average molecular weight is 240 g/mol. The van der Waals surface area contributed by atoms with Crippen molar-refractivity contribution in [1.82, 2.24) is 4.90 Å². The van der Waals surface area contributed by atoms with Crippen molar-refractivity contribution in [2.45, 2.75) is 52.2 Å². The standard InChI is InChI=1S/C13H24N2O2/c1-12(2,3)17-11(16)15-7-9-5-10(14)6-13(9,4)8-15/h9-10H,5-8,14H2,1-4H3/t9-,10+,13+/m1/s1. The monoisotopic (exact) mass is 240 g/mol. The van der Waals surface area contributed by atoms with Gasteiger partial charge >= 0.3 is 6.09 Å². The fraction of sp³-hybridized carbons (Fsp3) is 0.923. The van der Waals surface area contributed by atoms with Crippen LogP contribution in [0.3, 0.4) is 0 Å². The van der Waals surface area contributed by atoms with E-state index in [1.807, 2.05) is 25.7 Å². The summed E-state index contributed by atoms with van der Waals surface area (Å²) in [5.41, 5.74) is 5.79. The number of nitrogens with two attached hydrogens (primary N) is 1. The first kappa shape index (κ1) is 12.7. The molecule has 4 nitrogen and oxygen atoms in total. The highest BCUT2D eigenvalue weighted by Crippen LogP contribution is 2.47. The maximum Gasteiger partial charge on any atom is 0.410 e. The Labute approximate surface area is 103 Å². The zero-order valence-corrected chi connectivity index (χ0v) is 11.3. The molecular formula is C13H24N2O2. The van der Waals surface area contributed by atoms with E-state index in [0.29, 0.717) is 12.0 Å². The van der Waals surface area contributed by atoms with Crippen LogP contribution in [0.15, 0.2) is 0 Å². The number of carbonyl (C=O) groups excluding carboxylic acids is 1. The van der Waals surface area contributed by atoms with Crippen molar-refractivity contribution in [3.63, 3.8) is 0 Å². The molecule has 3 atom stereocenters. The third-order valence-corrected chi connectivity index (χ3v) is 3.95. The van der Waals surface area contributed by atoms with E-state index in [0.717, 1.165) is 25.9 Å². The van der Waals surface area contributed by atoms with Crippen molar-refractivity contribution in [3.05, 3.63) is 0 Å². The average Bonchev–Trinajstić information content (AvgIpc) is 2.51. The molecule has 0 radical (unpaired) electrons. The molecule has 1 saturated carbocycles. The highest BCUT2D eigenvalue weighted by Gasteiger charge is 2.50. The van der Waals surface area contributed by atoms with E-state index in [9.17, 15) is 4.79 Å². The smallest absolute Gasteiger partial charge is 0.410 e. The first-order valence-electron chi connectivity index (χ1n) is 6.43. The van der Waals surface area contributed by atoms with Gasteiger partial charge in [0.15, 0.2) is 0 Å². The fourth-order valence-electron chi connectivity index (χ4n) is 3.22. The quantitative estimate of drug-likeness (QED) is 0.704. The van der Waals surface area contributed by atoms with Gasteiger partial charge in [0, 0.05) is 19.1 Å². The summed E-state index contributed by atoms with van der Waals surface area (Å²) in [5, 5.41) is 0. The molecule has 4 heteroatoms. The Morgan fingerprint density at radius 2 is 2.12 bits per heavy atom.